The lowest BCUT2D eigenvalue weighted by atomic mass is 10.5. The number of hydrogen-bond donors (Lipinski definition) is 1. The summed E-state index contributed by atoms with van der Waals surface area (Å²) in [4.78, 5) is 7.57. The zero-order valence-electron chi connectivity index (χ0n) is 6.10. The first kappa shape index (κ1) is 7.05. The molecule has 2 aromatic heterocycles. The average molecular weight is 166 g/mol. The molecule has 0 spiro atoms. The minimum Gasteiger partial charge on any atom is -0.438 e. The highest BCUT2D eigenvalue weighted by molar-refractivity contribution is 5.41. The van der Waals surface area contributed by atoms with Crippen LogP contribution in [0.2, 0.25) is 0 Å². The fourth-order valence-electron chi connectivity index (χ4n) is 0.816. The van der Waals surface area contributed by atoms with Gasteiger partial charge >= 0.3 is 0 Å². The lowest BCUT2D eigenvalue weighted by Crippen LogP contribution is -1.73. The van der Waals surface area contributed by atoms with Gasteiger partial charge in [-0.25, -0.2) is 9.97 Å². The van der Waals surface area contributed by atoms with Crippen molar-refractivity contribution in [3.05, 3.63) is 24.5 Å². The Bertz CT molecular complexity index is 352. The first-order valence-electron chi connectivity index (χ1n) is 3.34. The van der Waals surface area contributed by atoms with Gasteiger partial charge in [-0.1, -0.05) is 0 Å². The van der Waals surface area contributed by atoms with E-state index < -0.39 is 0 Å². The first-order chi connectivity index (χ1) is 5.90. The molecule has 0 aliphatic heterocycles. The van der Waals surface area contributed by atoms with Crippen LogP contribution in [-0.2, 0) is 6.61 Å². The summed E-state index contributed by atoms with van der Waals surface area (Å²) in [7, 11) is 0. The molecule has 0 saturated carbocycles. The van der Waals surface area contributed by atoms with Crippen molar-refractivity contribution in [1.29, 1.82) is 0 Å². The van der Waals surface area contributed by atoms with E-state index in [1.807, 2.05) is 0 Å². The SMILES string of the molecule is OCc1cnc(-c2cnco2)o1. The Labute approximate surface area is 67.7 Å². The summed E-state index contributed by atoms with van der Waals surface area (Å²) in [6.45, 7) is -0.166. The molecule has 0 aliphatic carbocycles. The summed E-state index contributed by atoms with van der Waals surface area (Å²) >= 11 is 0. The minimum atomic E-state index is -0.166. The van der Waals surface area contributed by atoms with Crippen molar-refractivity contribution < 1.29 is 13.9 Å². The third kappa shape index (κ3) is 1.10. The van der Waals surface area contributed by atoms with Crippen molar-refractivity contribution in [2.45, 2.75) is 6.61 Å². The third-order valence-corrected chi connectivity index (χ3v) is 1.35. The zero-order chi connectivity index (χ0) is 8.39. The maximum Gasteiger partial charge on any atom is 0.264 e. The quantitative estimate of drug-likeness (QED) is 0.715. The number of hydrogen-bond acceptors (Lipinski definition) is 5. The average Bonchev–Trinajstić information content (AvgIpc) is 2.75. The second-order valence-electron chi connectivity index (χ2n) is 2.16. The van der Waals surface area contributed by atoms with Crippen molar-refractivity contribution in [2.75, 3.05) is 0 Å². The summed E-state index contributed by atoms with van der Waals surface area (Å²) in [5.41, 5.74) is 0. The van der Waals surface area contributed by atoms with Gasteiger partial charge in [-0.3, -0.25) is 0 Å². The smallest absolute Gasteiger partial charge is 0.264 e. The molecule has 1 N–H and O–H groups in total. The second kappa shape index (κ2) is 2.78. The van der Waals surface area contributed by atoms with Crippen molar-refractivity contribution >= 4 is 0 Å². The molecule has 0 atom stereocenters. The van der Waals surface area contributed by atoms with Crippen LogP contribution < -0.4 is 0 Å². The van der Waals surface area contributed by atoms with Gasteiger partial charge in [-0.15, -0.1) is 0 Å². The van der Waals surface area contributed by atoms with Crippen LogP contribution in [0.1, 0.15) is 5.76 Å². The van der Waals surface area contributed by atoms with Gasteiger partial charge < -0.3 is 13.9 Å². The maximum atomic E-state index is 8.67. The highest BCUT2D eigenvalue weighted by atomic mass is 16.4. The molecule has 2 rings (SSSR count). The zero-order valence-corrected chi connectivity index (χ0v) is 6.10. The van der Waals surface area contributed by atoms with E-state index in [-0.39, 0.29) is 6.61 Å². The van der Waals surface area contributed by atoms with E-state index in [2.05, 4.69) is 9.97 Å². The van der Waals surface area contributed by atoms with E-state index >= 15 is 0 Å². The third-order valence-electron chi connectivity index (χ3n) is 1.35. The van der Waals surface area contributed by atoms with Crippen LogP contribution in [0.4, 0.5) is 0 Å². The highest BCUT2D eigenvalue weighted by Gasteiger charge is 2.08. The fraction of sp³-hybridized carbons (Fsp3) is 0.143. The molecular formula is C7H6N2O3. The molecule has 0 aliphatic rings. The molecule has 5 nitrogen and oxygen atoms in total. The molecule has 0 saturated heterocycles. The van der Waals surface area contributed by atoms with E-state index in [4.69, 9.17) is 13.9 Å². The number of aromatic nitrogens is 2. The molecular weight excluding hydrogens is 160 g/mol. The monoisotopic (exact) mass is 166 g/mol. The molecule has 12 heavy (non-hydrogen) atoms. The van der Waals surface area contributed by atoms with E-state index in [9.17, 15) is 0 Å². The van der Waals surface area contributed by atoms with Gasteiger partial charge in [0.1, 0.15) is 12.4 Å². The highest BCUT2D eigenvalue weighted by Crippen LogP contribution is 2.17. The van der Waals surface area contributed by atoms with Crippen LogP contribution in [0.5, 0.6) is 0 Å². The Morgan fingerprint density at radius 3 is 2.92 bits per heavy atom. The largest absolute Gasteiger partial charge is 0.438 e. The molecule has 2 aromatic rings. The maximum absolute atomic E-state index is 8.67. The molecule has 0 fully saturated rings. The molecule has 5 heteroatoms. The van der Waals surface area contributed by atoms with Gasteiger partial charge in [0.15, 0.2) is 6.39 Å². The summed E-state index contributed by atoms with van der Waals surface area (Å²) < 4.78 is 10.0. The van der Waals surface area contributed by atoms with E-state index in [0.29, 0.717) is 17.4 Å². The number of rotatable bonds is 2. The van der Waals surface area contributed by atoms with Crippen LogP contribution in [0.15, 0.2) is 27.6 Å². The Morgan fingerprint density at radius 1 is 1.42 bits per heavy atom. The summed E-state index contributed by atoms with van der Waals surface area (Å²) in [5.74, 6) is 1.19. The van der Waals surface area contributed by atoms with Gasteiger partial charge in [0, 0.05) is 0 Å². The Kier molecular flexibility index (Phi) is 1.64. The summed E-state index contributed by atoms with van der Waals surface area (Å²) in [5, 5.41) is 8.67. The number of oxazole rings is 2. The number of aliphatic hydroxyl groups excluding tert-OH is 1. The summed E-state index contributed by atoms with van der Waals surface area (Å²) in [6, 6.07) is 0. The first-order valence-corrected chi connectivity index (χ1v) is 3.34. The van der Waals surface area contributed by atoms with Gasteiger partial charge in [0.05, 0.1) is 12.4 Å². The van der Waals surface area contributed by atoms with Crippen molar-refractivity contribution in [1.82, 2.24) is 9.97 Å². The number of aliphatic hydroxyl groups is 1. The van der Waals surface area contributed by atoms with Crippen LogP contribution in [0.25, 0.3) is 11.7 Å². The predicted octanol–water partition coefficient (Wildman–Crippen LogP) is 0.822. The lowest BCUT2D eigenvalue weighted by Gasteiger charge is -1.85. The molecule has 0 aromatic carbocycles. The Morgan fingerprint density at radius 2 is 2.33 bits per heavy atom. The predicted molar refractivity (Wildman–Crippen MR) is 37.9 cm³/mol. The van der Waals surface area contributed by atoms with Crippen molar-refractivity contribution in [3.63, 3.8) is 0 Å². The van der Waals surface area contributed by atoms with Crippen LogP contribution in [0, 0.1) is 0 Å². The van der Waals surface area contributed by atoms with Crippen molar-refractivity contribution in [2.24, 2.45) is 0 Å². The van der Waals surface area contributed by atoms with Crippen LogP contribution >= 0.6 is 0 Å². The minimum absolute atomic E-state index is 0.166. The van der Waals surface area contributed by atoms with Gasteiger partial charge in [0.2, 0.25) is 5.76 Å². The van der Waals surface area contributed by atoms with Gasteiger partial charge in [0.25, 0.3) is 5.89 Å². The molecule has 2 heterocycles. The van der Waals surface area contributed by atoms with E-state index in [0.717, 1.165) is 0 Å². The molecule has 0 amide bonds. The second-order valence-corrected chi connectivity index (χ2v) is 2.16. The molecule has 62 valence electrons. The number of nitrogens with zero attached hydrogens (tertiary/aromatic N) is 2. The van der Waals surface area contributed by atoms with Gasteiger partial charge in [-0.05, 0) is 0 Å². The van der Waals surface area contributed by atoms with Crippen LogP contribution in [-0.4, -0.2) is 15.1 Å². The Hall–Kier alpha value is -1.62. The fourth-order valence-corrected chi connectivity index (χ4v) is 0.816. The van der Waals surface area contributed by atoms with Crippen LogP contribution in [0.3, 0.4) is 0 Å². The Balaban J connectivity index is 2.35. The summed E-state index contributed by atoms with van der Waals surface area (Å²) in [6.07, 6.45) is 4.23. The standard InChI is InChI=1S/C7H6N2O3/c10-3-5-1-9-7(12-5)6-2-8-4-11-6/h1-2,4,10H,3H2. The molecule has 0 radical (unpaired) electrons. The molecule has 0 bridgehead atoms. The molecule has 0 unspecified atom stereocenters. The van der Waals surface area contributed by atoms with E-state index in [1.165, 1.54) is 18.8 Å². The topological polar surface area (TPSA) is 72.3 Å². The lowest BCUT2D eigenvalue weighted by molar-refractivity contribution is 0.248. The van der Waals surface area contributed by atoms with Gasteiger partial charge in [-0.2, -0.15) is 0 Å². The van der Waals surface area contributed by atoms with E-state index in [1.54, 1.807) is 0 Å². The normalized spacial score (nSPS) is 10.4. The van der Waals surface area contributed by atoms with Crippen molar-refractivity contribution in [3.8, 4) is 11.7 Å².